The number of hydrogen-bond donors (Lipinski definition) is 2. The largest absolute Gasteiger partial charge is 0.408 e. The van der Waals surface area contributed by atoms with Crippen molar-refractivity contribution in [1.82, 2.24) is 29.6 Å². The van der Waals surface area contributed by atoms with Crippen LogP contribution in [0.1, 0.15) is 29.7 Å². The maximum atomic E-state index is 13.5. The highest BCUT2D eigenvalue weighted by Crippen LogP contribution is 2.46. The highest BCUT2D eigenvalue weighted by molar-refractivity contribution is 5.77. The van der Waals surface area contributed by atoms with Crippen molar-refractivity contribution in [2.24, 2.45) is 0 Å². The second-order valence-corrected chi connectivity index (χ2v) is 9.35. The third-order valence-corrected chi connectivity index (χ3v) is 6.80. The smallest absolute Gasteiger partial charge is 0.324 e. The fraction of sp³-hybridized carbons (Fsp3) is 0.320. The van der Waals surface area contributed by atoms with Crippen molar-refractivity contribution in [2.45, 2.75) is 43.9 Å². The van der Waals surface area contributed by atoms with Gasteiger partial charge in [0.05, 0.1) is 22.9 Å². The fourth-order valence-electron chi connectivity index (χ4n) is 4.71. The number of rotatable bonds is 5. The summed E-state index contributed by atoms with van der Waals surface area (Å²) in [6.07, 6.45) is 0.177. The quantitative estimate of drug-likeness (QED) is 0.426. The van der Waals surface area contributed by atoms with Crippen molar-refractivity contribution in [3.05, 3.63) is 69.9 Å². The third-order valence-electron chi connectivity index (χ3n) is 6.80. The lowest BCUT2D eigenvalue weighted by molar-refractivity contribution is -0.144. The molecule has 2 aliphatic rings. The van der Waals surface area contributed by atoms with Gasteiger partial charge in [0.15, 0.2) is 5.65 Å². The van der Waals surface area contributed by atoms with E-state index in [9.17, 15) is 23.2 Å². The molecule has 3 aromatic heterocycles. The van der Waals surface area contributed by atoms with Crippen LogP contribution in [0.3, 0.4) is 0 Å². The predicted molar refractivity (Wildman–Crippen MR) is 129 cm³/mol. The summed E-state index contributed by atoms with van der Waals surface area (Å²) in [4.78, 5) is 26.0. The van der Waals surface area contributed by atoms with E-state index in [0.29, 0.717) is 23.2 Å². The number of hydrogen-bond acceptors (Lipinski definition) is 7. The number of nitriles is 1. The summed E-state index contributed by atoms with van der Waals surface area (Å²) in [5.74, 6) is 0.138. The van der Waals surface area contributed by atoms with Gasteiger partial charge >= 0.3 is 6.18 Å². The molecule has 0 amide bonds. The van der Waals surface area contributed by atoms with E-state index >= 15 is 0 Å². The van der Waals surface area contributed by atoms with E-state index in [1.54, 1.807) is 6.07 Å². The number of nitrogens with one attached hydrogen (secondary N) is 2. The molecule has 9 nitrogen and oxygen atoms in total. The van der Waals surface area contributed by atoms with Gasteiger partial charge in [-0.15, -0.1) is 0 Å². The zero-order valence-corrected chi connectivity index (χ0v) is 19.5. The number of alkyl halides is 3. The summed E-state index contributed by atoms with van der Waals surface area (Å²) in [6.45, 7) is 0.140. The standard InChI is InChI=1S/C25H21F3N8O/c26-25(27,28)14-35-22(37)19-12-32-23(33-17-2-1-15-3-7-30-11-16(15)9-17)34-21(19)36(35)18-4-8-31-20(10-18)24(13-29)5-6-24/h1-2,4,8-10,12,30H,3,5-7,11,14H2,(H,32,33,34). The Morgan fingerprint density at radius 1 is 1.16 bits per heavy atom. The summed E-state index contributed by atoms with van der Waals surface area (Å²) in [7, 11) is 0. The summed E-state index contributed by atoms with van der Waals surface area (Å²) < 4.78 is 42.2. The number of pyridine rings is 1. The minimum absolute atomic E-state index is 0.0188. The molecule has 0 unspecified atom stereocenters. The molecule has 2 N–H and O–H groups in total. The van der Waals surface area contributed by atoms with Gasteiger partial charge in [-0.25, -0.2) is 14.3 Å². The van der Waals surface area contributed by atoms with Gasteiger partial charge in [0.2, 0.25) is 5.95 Å². The first kappa shape index (κ1) is 23.2. The minimum Gasteiger partial charge on any atom is -0.324 e. The van der Waals surface area contributed by atoms with Crippen molar-refractivity contribution in [2.75, 3.05) is 11.9 Å². The lowest BCUT2D eigenvalue weighted by atomic mass is 10.0. The maximum Gasteiger partial charge on any atom is 0.408 e. The molecule has 12 heteroatoms. The van der Waals surface area contributed by atoms with Crippen LogP contribution in [-0.4, -0.2) is 37.0 Å². The molecule has 188 valence electrons. The number of anilines is 2. The zero-order valence-electron chi connectivity index (χ0n) is 19.5. The number of benzene rings is 1. The molecule has 1 aliphatic heterocycles. The molecule has 4 aromatic rings. The zero-order chi connectivity index (χ0) is 25.8. The second kappa shape index (κ2) is 8.41. The van der Waals surface area contributed by atoms with E-state index in [1.165, 1.54) is 24.0 Å². The van der Waals surface area contributed by atoms with Crippen LogP contribution in [0.25, 0.3) is 16.7 Å². The Labute approximate surface area is 208 Å². The number of halogens is 3. The molecule has 4 heterocycles. The first-order valence-electron chi connectivity index (χ1n) is 11.8. The molecule has 0 bridgehead atoms. The van der Waals surface area contributed by atoms with Gasteiger partial charge in [-0.2, -0.15) is 23.4 Å². The molecular formula is C25H21F3N8O. The average Bonchev–Trinajstić information content (AvgIpc) is 3.64. The fourth-order valence-corrected chi connectivity index (χ4v) is 4.71. The second-order valence-electron chi connectivity index (χ2n) is 9.35. The van der Waals surface area contributed by atoms with Crippen molar-refractivity contribution in [3.63, 3.8) is 0 Å². The monoisotopic (exact) mass is 506 g/mol. The van der Waals surface area contributed by atoms with Crippen LogP contribution in [0, 0.1) is 11.3 Å². The Kier molecular flexibility index (Phi) is 5.27. The predicted octanol–water partition coefficient (Wildman–Crippen LogP) is 3.48. The Morgan fingerprint density at radius 2 is 2.00 bits per heavy atom. The number of fused-ring (bicyclic) bond motifs is 2. The molecular weight excluding hydrogens is 485 g/mol. The van der Waals surface area contributed by atoms with Crippen LogP contribution in [0.15, 0.2) is 47.5 Å². The lowest BCUT2D eigenvalue weighted by Gasteiger charge is -2.18. The molecule has 0 saturated heterocycles. The van der Waals surface area contributed by atoms with Crippen LogP contribution in [0.2, 0.25) is 0 Å². The summed E-state index contributed by atoms with van der Waals surface area (Å²) in [5.41, 5.74) is 2.23. The molecule has 0 atom stereocenters. The molecule has 0 radical (unpaired) electrons. The van der Waals surface area contributed by atoms with E-state index in [0.717, 1.165) is 35.4 Å². The summed E-state index contributed by atoms with van der Waals surface area (Å²) >= 11 is 0. The molecule has 1 saturated carbocycles. The molecule has 1 aliphatic carbocycles. The van der Waals surface area contributed by atoms with Crippen molar-refractivity contribution >= 4 is 22.7 Å². The molecule has 1 aromatic carbocycles. The van der Waals surface area contributed by atoms with Gasteiger partial charge in [0.25, 0.3) is 5.56 Å². The first-order chi connectivity index (χ1) is 17.8. The molecule has 1 fully saturated rings. The number of aromatic nitrogens is 5. The van der Waals surface area contributed by atoms with Gasteiger partial charge in [0, 0.05) is 24.6 Å². The Hall–Kier alpha value is -4.24. The van der Waals surface area contributed by atoms with Crippen LogP contribution in [0.5, 0.6) is 0 Å². The molecule has 6 rings (SSSR count). The lowest BCUT2D eigenvalue weighted by Crippen LogP contribution is -2.30. The first-order valence-corrected chi connectivity index (χ1v) is 11.8. The van der Waals surface area contributed by atoms with Crippen molar-refractivity contribution in [3.8, 4) is 11.8 Å². The van der Waals surface area contributed by atoms with Crippen LogP contribution >= 0.6 is 0 Å². The van der Waals surface area contributed by atoms with E-state index in [4.69, 9.17) is 0 Å². The summed E-state index contributed by atoms with van der Waals surface area (Å²) in [6, 6.07) is 11.2. The van der Waals surface area contributed by atoms with E-state index < -0.39 is 23.7 Å². The average molecular weight is 506 g/mol. The Balaban J connectivity index is 1.47. The van der Waals surface area contributed by atoms with Gasteiger partial charge in [-0.1, -0.05) is 6.07 Å². The van der Waals surface area contributed by atoms with Gasteiger partial charge < -0.3 is 10.6 Å². The van der Waals surface area contributed by atoms with Crippen molar-refractivity contribution < 1.29 is 13.2 Å². The van der Waals surface area contributed by atoms with Crippen LogP contribution in [-0.2, 0) is 24.9 Å². The topological polar surface area (TPSA) is 113 Å². The van der Waals surface area contributed by atoms with Crippen LogP contribution < -0.4 is 16.2 Å². The molecule has 0 spiro atoms. The minimum atomic E-state index is -4.65. The highest BCUT2D eigenvalue weighted by atomic mass is 19.4. The number of nitrogens with zero attached hydrogens (tertiary/aromatic N) is 6. The van der Waals surface area contributed by atoms with E-state index in [2.05, 4.69) is 31.7 Å². The van der Waals surface area contributed by atoms with Gasteiger partial charge in [0.1, 0.15) is 11.9 Å². The van der Waals surface area contributed by atoms with Crippen LogP contribution in [0.4, 0.5) is 24.8 Å². The summed E-state index contributed by atoms with van der Waals surface area (Å²) in [5, 5.41) is 15.9. The van der Waals surface area contributed by atoms with E-state index in [-0.39, 0.29) is 22.7 Å². The van der Waals surface area contributed by atoms with Gasteiger partial charge in [-0.3, -0.25) is 9.78 Å². The third kappa shape index (κ3) is 4.21. The SMILES string of the molecule is N#CC1(c2cc(-n3c4nc(Nc5ccc6c(c5)CNCC6)ncc4c(=O)n3CC(F)(F)F)ccn2)CC1. The van der Waals surface area contributed by atoms with Crippen molar-refractivity contribution in [1.29, 1.82) is 5.26 Å². The Bertz CT molecular complexity index is 1630. The Morgan fingerprint density at radius 3 is 2.76 bits per heavy atom. The normalized spacial score (nSPS) is 16.3. The van der Waals surface area contributed by atoms with E-state index in [1.807, 2.05) is 18.2 Å². The van der Waals surface area contributed by atoms with Gasteiger partial charge in [-0.05, 0) is 61.2 Å². The highest BCUT2D eigenvalue weighted by Gasteiger charge is 2.46. The maximum absolute atomic E-state index is 13.5. The molecule has 37 heavy (non-hydrogen) atoms.